The maximum Gasteiger partial charge on any atom is 0.268 e. The largest absolute Gasteiger partial charge is 0.347 e. The van der Waals surface area contributed by atoms with E-state index in [1.165, 1.54) is 17.7 Å². The molecular formula is C31H34N6O2. The third-order valence-corrected chi connectivity index (χ3v) is 8.23. The Kier molecular flexibility index (Phi) is 6.56. The molecule has 1 saturated carbocycles. The van der Waals surface area contributed by atoms with Crippen molar-refractivity contribution in [1.82, 2.24) is 29.7 Å². The summed E-state index contributed by atoms with van der Waals surface area (Å²) in [4.78, 5) is 37.1. The van der Waals surface area contributed by atoms with E-state index in [0.29, 0.717) is 12.1 Å². The number of aromatic nitrogens is 3. The van der Waals surface area contributed by atoms with Gasteiger partial charge in [-0.15, -0.1) is 0 Å². The fraction of sp³-hybridized carbons (Fsp3) is 0.323. The first-order valence-electron chi connectivity index (χ1n) is 13.6. The van der Waals surface area contributed by atoms with Crippen LogP contribution in [-0.4, -0.2) is 56.8 Å². The summed E-state index contributed by atoms with van der Waals surface area (Å²) in [6, 6.07) is 20.2. The Bertz CT molecular complexity index is 1460. The summed E-state index contributed by atoms with van der Waals surface area (Å²) in [6.07, 6.45) is 6.92. The molecule has 200 valence electrons. The second-order valence-corrected chi connectivity index (χ2v) is 10.8. The van der Waals surface area contributed by atoms with E-state index in [9.17, 15) is 9.59 Å². The zero-order valence-corrected chi connectivity index (χ0v) is 22.5. The van der Waals surface area contributed by atoms with Crippen LogP contribution in [0.3, 0.4) is 0 Å². The first kappa shape index (κ1) is 25.1. The number of benzene rings is 2. The molecule has 0 radical (unpaired) electrons. The zero-order chi connectivity index (χ0) is 27.0. The van der Waals surface area contributed by atoms with Crippen LogP contribution in [0.1, 0.15) is 56.9 Å². The SMILES string of the molecule is CN(C)C(=O)c1ccc(CN2CCn3c(C(=O)NCc4ccc(-c5ncc[nH]5)cc4)ccc3C23CCC3)cc1. The predicted molar refractivity (Wildman–Crippen MR) is 150 cm³/mol. The molecule has 1 spiro atoms. The quantitative estimate of drug-likeness (QED) is 0.377. The van der Waals surface area contributed by atoms with Crippen molar-refractivity contribution in [2.24, 2.45) is 0 Å². The normalized spacial score (nSPS) is 15.9. The number of imidazole rings is 1. The van der Waals surface area contributed by atoms with Gasteiger partial charge in [-0.2, -0.15) is 0 Å². The molecule has 2 aliphatic rings. The van der Waals surface area contributed by atoms with Gasteiger partial charge in [0, 0.05) is 69.5 Å². The Labute approximate surface area is 228 Å². The third-order valence-electron chi connectivity index (χ3n) is 8.23. The molecule has 1 aliphatic carbocycles. The molecular weight excluding hydrogens is 488 g/mol. The molecule has 39 heavy (non-hydrogen) atoms. The minimum Gasteiger partial charge on any atom is -0.347 e. The van der Waals surface area contributed by atoms with Gasteiger partial charge >= 0.3 is 0 Å². The van der Waals surface area contributed by atoms with Gasteiger partial charge in [0.15, 0.2) is 0 Å². The Morgan fingerprint density at radius 1 is 0.974 bits per heavy atom. The van der Waals surface area contributed by atoms with Crippen molar-refractivity contribution in [2.45, 2.75) is 44.4 Å². The van der Waals surface area contributed by atoms with Gasteiger partial charge in [-0.25, -0.2) is 4.98 Å². The summed E-state index contributed by atoms with van der Waals surface area (Å²) >= 11 is 0. The number of rotatable bonds is 7. The summed E-state index contributed by atoms with van der Waals surface area (Å²) in [5.74, 6) is 0.811. The van der Waals surface area contributed by atoms with Crippen molar-refractivity contribution in [3.05, 3.63) is 101 Å². The van der Waals surface area contributed by atoms with Crippen LogP contribution >= 0.6 is 0 Å². The molecule has 2 aromatic heterocycles. The summed E-state index contributed by atoms with van der Waals surface area (Å²) in [7, 11) is 3.54. The topological polar surface area (TPSA) is 86.3 Å². The number of carbonyl (C=O) groups excluding carboxylic acids is 2. The summed E-state index contributed by atoms with van der Waals surface area (Å²) < 4.78 is 2.23. The molecule has 8 nitrogen and oxygen atoms in total. The van der Waals surface area contributed by atoms with E-state index in [1.54, 1.807) is 25.2 Å². The van der Waals surface area contributed by atoms with Crippen molar-refractivity contribution in [1.29, 1.82) is 0 Å². The van der Waals surface area contributed by atoms with Crippen LogP contribution in [-0.2, 0) is 25.2 Å². The maximum atomic E-state index is 13.2. The number of H-pyrrole nitrogens is 1. The second-order valence-electron chi connectivity index (χ2n) is 10.8. The molecule has 1 aliphatic heterocycles. The van der Waals surface area contributed by atoms with Gasteiger partial charge in [0.2, 0.25) is 0 Å². The molecule has 2 amide bonds. The van der Waals surface area contributed by atoms with Gasteiger partial charge < -0.3 is 19.8 Å². The fourth-order valence-electron chi connectivity index (χ4n) is 5.93. The van der Waals surface area contributed by atoms with Crippen LogP contribution in [0.4, 0.5) is 0 Å². The number of hydrogen-bond acceptors (Lipinski definition) is 4. The van der Waals surface area contributed by atoms with E-state index in [-0.39, 0.29) is 17.4 Å². The van der Waals surface area contributed by atoms with E-state index in [0.717, 1.165) is 55.1 Å². The molecule has 1 fully saturated rings. The lowest BCUT2D eigenvalue weighted by atomic mass is 9.71. The standard InChI is InChI=1S/C31H34N6O2/c1-35(2)30(39)25-10-6-23(7-11-25)21-36-18-19-37-26(12-13-27(37)31(36)14-3-15-31)29(38)34-20-22-4-8-24(9-5-22)28-32-16-17-33-28/h4-13,16-17H,3,14-15,18-21H2,1-2H3,(H,32,33)(H,34,38). The number of fused-ring (bicyclic) bond motifs is 2. The van der Waals surface area contributed by atoms with Crippen LogP contribution in [0.15, 0.2) is 73.1 Å². The number of carbonyl (C=O) groups is 2. The molecule has 2 N–H and O–H groups in total. The van der Waals surface area contributed by atoms with Crippen LogP contribution in [0.5, 0.6) is 0 Å². The molecule has 0 saturated heterocycles. The van der Waals surface area contributed by atoms with Gasteiger partial charge in [0.25, 0.3) is 11.8 Å². The zero-order valence-electron chi connectivity index (χ0n) is 22.5. The van der Waals surface area contributed by atoms with Crippen molar-refractivity contribution < 1.29 is 9.59 Å². The van der Waals surface area contributed by atoms with Crippen molar-refractivity contribution >= 4 is 11.8 Å². The van der Waals surface area contributed by atoms with E-state index >= 15 is 0 Å². The first-order chi connectivity index (χ1) is 18.9. The lowest BCUT2D eigenvalue weighted by Crippen LogP contribution is -2.56. The molecule has 4 aromatic rings. The molecule has 6 rings (SSSR count). The van der Waals surface area contributed by atoms with E-state index in [4.69, 9.17) is 0 Å². The lowest BCUT2D eigenvalue weighted by Gasteiger charge is -2.53. The van der Waals surface area contributed by atoms with E-state index < -0.39 is 0 Å². The van der Waals surface area contributed by atoms with E-state index in [2.05, 4.69) is 43.0 Å². The van der Waals surface area contributed by atoms with Crippen molar-refractivity contribution in [3.63, 3.8) is 0 Å². The van der Waals surface area contributed by atoms with Crippen LogP contribution < -0.4 is 5.32 Å². The fourth-order valence-corrected chi connectivity index (χ4v) is 5.93. The highest BCUT2D eigenvalue weighted by atomic mass is 16.2. The van der Waals surface area contributed by atoms with Gasteiger partial charge in [-0.1, -0.05) is 36.4 Å². The Morgan fingerprint density at radius 2 is 1.72 bits per heavy atom. The summed E-state index contributed by atoms with van der Waals surface area (Å²) in [5.41, 5.74) is 5.91. The average molecular weight is 523 g/mol. The van der Waals surface area contributed by atoms with E-state index in [1.807, 2.05) is 48.7 Å². The highest BCUT2D eigenvalue weighted by molar-refractivity contribution is 5.94. The maximum absolute atomic E-state index is 13.2. The van der Waals surface area contributed by atoms with Gasteiger partial charge in [-0.3, -0.25) is 14.5 Å². The summed E-state index contributed by atoms with van der Waals surface area (Å²) in [5, 5.41) is 3.11. The number of aromatic amines is 1. The smallest absolute Gasteiger partial charge is 0.268 e. The Balaban J connectivity index is 1.13. The molecule has 3 heterocycles. The number of amides is 2. The monoisotopic (exact) mass is 522 g/mol. The first-order valence-corrected chi connectivity index (χ1v) is 13.6. The molecule has 0 unspecified atom stereocenters. The Morgan fingerprint density at radius 3 is 2.36 bits per heavy atom. The van der Waals surface area contributed by atoms with Crippen LogP contribution in [0, 0.1) is 0 Å². The molecule has 2 aromatic carbocycles. The molecule has 0 atom stereocenters. The highest BCUT2D eigenvalue weighted by Crippen LogP contribution is 2.49. The van der Waals surface area contributed by atoms with Gasteiger partial charge in [-0.05, 0) is 54.7 Å². The predicted octanol–water partition coefficient (Wildman–Crippen LogP) is 4.41. The van der Waals surface area contributed by atoms with Crippen LogP contribution in [0.25, 0.3) is 11.4 Å². The molecule has 8 heteroatoms. The number of nitrogens with one attached hydrogen (secondary N) is 2. The van der Waals surface area contributed by atoms with Gasteiger partial charge in [0.05, 0.1) is 5.54 Å². The summed E-state index contributed by atoms with van der Waals surface area (Å²) in [6.45, 7) is 2.97. The average Bonchev–Trinajstić information content (AvgIpc) is 3.62. The van der Waals surface area contributed by atoms with Crippen molar-refractivity contribution in [2.75, 3.05) is 20.6 Å². The third kappa shape index (κ3) is 4.65. The minimum absolute atomic E-state index is 0.0181. The van der Waals surface area contributed by atoms with Crippen molar-refractivity contribution in [3.8, 4) is 11.4 Å². The van der Waals surface area contributed by atoms with Crippen LogP contribution in [0.2, 0.25) is 0 Å². The Hall–Kier alpha value is -4.17. The number of nitrogens with zero attached hydrogens (tertiary/aromatic N) is 4. The van der Waals surface area contributed by atoms with Gasteiger partial charge in [0.1, 0.15) is 11.5 Å². The number of hydrogen-bond donors (Lipinski definition) is 2. The minimum atomic E-state index is -0.0413. The molecule has 0 bridgehead atoms. The lowest BCUT2D eigenvalue weighted by molar-refractivity contribution is -0.0217. The highest BCUT2D eigenvalue weighted by Gasteiger charge is 2.48. The second kappa shape index (κ2) is 10.2.